The normalized spacial score (nSPS) is 33.8. The second-order valence-electron chi connectivity index (χ2n) is 5.83. The molecule has 1 aromatic rings. The highest BCUT2D eigenvalue weighted by atomic mass is 15.4. The molecule has 0 spiro atoms. The van der Waals surface area contributed by atoms with Crippen molar-refractivity contribution in [1.82, 2.24) is 15.0 Å². The maximum Gasteiger partial charge on any atom is 0.103 e. The lowest BCUT2D eigenvalue weighted by molar-refractivity contribution is 0.217. The second kappa shape index (κ2) is 2.68. The summed E-state index contributed by atoms with van der Waals surface area (Å²) >= 11 is 0. The molecule has 1 fully saturated rings. The largest absolute Gasteiger partial charge is 0.237 e. The van der Waals surface area contributed by atoms with E-state index in [1.807, 2.05) is 4.68 Å². The Kier molecular flexibility index (Phi) is 1.66. The molecule has 2 atom stereocenters. The molecule has 1 heterocycles. The van der Waals surface area contributed by atoms with Gasteiger partial charge in [-0.3, -0.25) is 0 Å². The van der Waals surface area contributed by atoms with E-state index < -0.39 is 0 Å². The van der Waals surface area contributed by atoms with Crippen LogP contribution in [0, 0.1) is 17.8 Å². The van der Waals surface area contributed by atoms with Crippen molar-refractivity contribution in [2.45, 2.75) is 51.5 Å². The van der Waals surface area contributed by atoms with Crippen LogP contribution in [0.3, 0.4) is 0 Å². The minimum absolute atomic E-state index is 0.202. The molecule has 2 bridgehead atoms. The van der Waals surface area contributed by atoms with E-state index in [-0.39, 0.29) is 5.41 Å². The molecule has 2 aliphatic rings. The van der Waals surface area contributed by atoms with Crippen molar-refractivity contribution in [3.8, 4) is 12.3 Å². The van der Waals surface area contributed by atoms with Gasteiger partial charge in [0.15, 0.2) is 0 Å². The van der Waals surface area contributed by atoms with Crippen molar-refractivity contribution in [2.24, 2.45) is 5.41 Å². The van der Waals surface area contributed by atoms with E-state index in [0.717, 1.165) is 0 Å². The summed E-state index contributed by atoms with van der Waals surface area (Å²) in [7, 11) is 0. The molecule has 0 radical (unpaired) electrons. The van der Waals surface area contributed by atoms with Crippen molar-refractivity contribution < 1.29 is 0 Å². The Bertz CT molecular complexity index is 492. The van der Waals surface area contributed by atoms with Gasteiger partial charge in [0.2, 0.25) is 0 Å². The van der Waals surface area contributed by atoms with Crippen LogP contribution in [0.4, 0.5) is 0 Å². The zero-order valence-electron chi connectivity index (χ0n) is 10.1. The van der Waals surface area contributed by atoms with Gasteiger partial charge in [0.25, 0.3) is 0 Å². The highest BCUT2D eigenvalue weighted by molar-refractivity contribution is 5.41. The molecule has 3 heteroatoms. The van der Waals surface area contributed by atoms with Gasteiger partial charge in [0.1, 0.15) is 6.54 Å². The first kappa shape index (κ1) is 9.89. The molecule has 0 saturated heterocycles. The third kappa shape index (κ3) is 0.832. The zero-order valence-corrected chi connectivity index (χ0v) is 10.1. The SMILES string of the molecule is C#CCn1nnc2c1C1(C)CCC2C1(C)C. The molecule has 3 nitrogen and oxygen atoms in total. The average molecular weight is 215 g/mol. The molecule has 16 heavy (non-hydrogen) atoms. The summed E-state index contributed by atoms with van der Waals surface area (Å²) in [6.45, 7) is 7.59. The summed E-state index contributed by atoms with van der Waals surface area (Å²) in [5.41, 5.74) is 3.00. The van der Waals surface area contributed by atoms with Gasteiger partial charge in [0, 0.05) is 11.3 Å². The molecule has 0 aromatic carbocycles. The Labute approximate surface area is 96.2 Å². The molecular formula is C13H17N3. The standard InChI is InChI=1S/C13H17N3/c1-5-8-16-11-10(14-15-16)9-6-7-13(11,4)12(9,2)3/h1,9H,6-8H2,2-4H3. The Morgan fingerprint density at radius 1 is 1.50 bits per heavy atom. The molecule has 84 valence electrons. The zero-order chi connectivity index (χ0) is 11.6. The van der Waals surface area contributed by atoms with E-state index >= 15 is 0 Å². The maximum absolute atomic E-state index is 5.38. The van der Waals surface area contributed by atoms with Gasteiger partial charge in [0.05, 0.1) is 11.4 Å². The number of hydrogen-bond acceptors (Lipinski definition) is 2. The summed E-state index contributed by atoms with van der Waals surface area (Å²) in [5.74, 6) is 3.23. The molecule has 2 aliphatic carbocycles. The van der Waals surface area contributed by atoms with Crippen LogP contribution < -0.4 is 0 Å². The van der Waals surface area contributed by atoms with E-state index in [4.69, 9.17) is 6.42 Å². The molecule has 3 rings (SSSR count). The number of nitrogens with zero attached hydrogens (tertiary/aromatic N) is 3. The smallest absolute Gasteiger partial charge is 0.103 e. The van der Waals surface area contributed by atoms with Gasteiger partial charge < -0.3 is 0 Å². The Balaban J connectivity index is 2.21. The molecular weight excluding hydrogens is 198 g/mol. The fraction of sp³-hybridized carbons (Fsp3) is 0.692. The minimum Gasteiger partial charge on any atom is -0.237 e. The molecule has 2 unspecified atom stereocenters. The lowest BCUT2D eigenvalue weighted by Gasteiger charge is -2.35. The summed E-state index contributed by atoms with van der Waals surface area (Å²) in [6.07, 6.45) is 7.86. The molecule has 0 aliphatic heterocycles. The van der Waals surface area contributed by atoms with Crippen LogP contribution in [0.15, 0.2) is 0 Å². The third-order valence-electron chi connectivity index (χ3n) is 5.08. The first-order chi connectivity index (χ1) is 7.52. The molecule has 0 N–H and O–H groups in total. The average Bonchev–Trinajstić information content (AvgIpc) is 2.76. The fourth-order valence-corrected chi connectivity index (χ4v) is 3.73. The van der Waals surface area contributed by atoms with Crippen molar-refractivity contribution in [3.05, 3.63) is 11.4 Å². The predicted octanol–water partition coefficient (Wildman–Crippen LogP) is 2.09. The van der Waals surface area contributed by atoms with Gasteiger partial charge >= 0.3 is 0 Å². The first-order valence-corrected chi connectivity index (χ1v) is 5.89. The van der Waals surface area contributed by atoms with Crippen LogP contribution in [0.2, 0.25) is 0 Å². The van der Waals surface area contributed by atoms with Gasteiger partial charge in [-0.2, -0.15) is 0 Å². The second-order valence-corrected chi connectivity index (χ2v) is 5.83. The third-order valence-corrected chi connectivity index (χ3v) is 5.08. The van der Waals surface area contributed by atoms with Gasteiger partial charge in [-0.05, 0) is 18.3 Å². The summed E-state index contributed by atoms with van der Waals surface area (Å²) in [6, 6.07) is 0. The Morgan fingerprint density at radius 2 is 2.25 bits per heavy atom. The topological polar surface area (TPSA) is 30.7 Å². The van der Waals surface area contributed by atoms with Crippen LogP contribution in [-0.4, -0.2) is 15.0 Å². The maximum atomic E-state index is 5.38. The number of terminal acetylenes is 1. The van der Waals surface area contributed by atoms with Gasteiger partial charge in [-0.1, -0.05) is 31.9 Å². The van der Waals surface area contributed by atoms with E-state index in [1.165, 1.54) is 24.2 Å². The molecule has 0 amide bonds. The monoisotopic (exact) mass is 215 g/mol. The summed E-state index contributed by atoms with van der Waals surface area (Å²) in [4.78, 5) is 0. The highest BCUT2D eigenvalue weighted by Crippen LogP contribution is 2.66. The fourth-order valence-electron chi connectivity index (χ4n) is 3.73. The number of fused-ring (bicyclic) bond motifs is 5. The lowest BCUT2D eigenvalue weighted by Crippen LogP contribution is -2.33. The quantitative estimate of drug-likeness (QED) is 0.672. The van der Waals surface area contributed by atoms with Crippen LogP contribution in [0.1, 0.15) is 50.9 Å². The summed E-state index contributed by atoms with van der Waals surface area (Å²) in [5, 5.41) is 8.56. The van der Waals surface area contributed by atoms with E-state index in [0.29, 0.717) is 17.9 Å². The van der Waals surface area contributed by atoms with Gasteiger partial charge in [-0.15, -0.1) is 11.5 Å². The van der Waals surface area contributed by atoms with Crippen molar-refractivity contribution in [1.29, 1.82) is 0 Å². The number of hydrogen-bond donors (Lipinski definition) is 0. The van der Waals surface area contributed by atoms with Gasteiger partial charge in [-0.25, -0.2) is 4.68 Å². The Morgan fingerprint density at radius 3 is 2.94 bits per heavy atom. The minimum atomic E-state index is 0.202. The van der Waals surface area contributed by atoms with Crippen LogP contribution >= 0.6 is 0 Å². The van der Waals surface area contributed by atoms with E-state index in [9.17, 15) is 0 Å². The molecule has 1 aromatic heterocycles. The van der Waals surface area contributed by atoms with Crippen LogP contribution in [-0.2, 0) is 12.0 Å². The Hall–Kier alpha value is -1.30. The van der Waals surface area contributed by atoms with Crippen molar-refractivity contribution in [2.75, 3.05) is 0 Å². The van der Waals surface area contributed by atoms with E-state index in [1.54, 1.807) is 0 Å². The van der Waals surface area contributed by atoms with E-state index in [2.05, 4.69) is 37.0 Å². The van der Waals surface area contributed by atoms with Crippen LogP contribution in [0.25, 0.3) is 0 Å². The number of rotatable bonds is 1. The van der Waals surface area contributed by atoms with Crippen molar-refractivity contribution in [3.63, 3.8) is 0 Å². The lowest BCUT2D eigenvalue weighted by atomic mass is 9.70. The summed E-state index contributed by atoms with van der Waals surface area (Å²) < 4.78 is 1.93. The number of aromatic nitrogens is 3. The highest BCUT2D eigenvalue weighted by Gasteiger charge is 2.62. The van der Waals surface area contributed by atoms with Crippen molar-refractivity contribution >= 4 is 0 Å². The first-order valence-electron chi connectivity index (χ1n) is 5.89. The molecule has 1 saturated carbocycles. The predicted molar refractivity (Wildman–Crippen MR) is 62.0 cm³/mol. The van der Waals surface area contributed by atoms with Crippen LogP contribution in [0.5, 0.6) is 0 Å².